The van der Waals surface area contributed by atoms with Crippen molar-refractivity contribution >= 4 is 5.96 Å². The van der Waals surface area contributed by atoms with E-state index in [1.807, 2.05) is 48.5 Å². The number of halogens is 1. The van der Waals surface area contributed by atoms with Crippen LogP contribution in [0.25, 0.3) is 11.1 Å². The highest BCUT2D eigenvalue weighted by atomic mass is 19.1. The van der Waals surface area contributed by atoms with Crippen molar-refractivity contribution in [2.24, 2.45) is 10.7 Å². The molecule has 0 spiro atoms. The molecule has 6 heteroatoms. The van der Waals surface area contributed by atoms with Crippen LogP contribution in [-0.4, -0.2) is 35.7 Å². The topological polar surface area (TPSA) is 67.6 Å². The number of aryl methyl sites for hydroxylation is 3. The highest BCUT2D eigenvalue weighted by Crippen LogP contribution is 2.24. The number of piperidine rings is 1. The Hall–Kier alpha value is -3.15. The van der Waals surface area contributed by atoms with Gasteiger partial charge in [0.1, 0.15) is 11.6 Å². The second kappa shape index (κ2) is 10.9. The zero-order valence-electron chi connectivity index (χ0n) is 18.5. The Morgan fingerprint density at radius 2 is 1.81 bits per heavy atom. The van der Waals surface area contributed by atoms with Crippen LogP contribution in [0.15, 0.2) is 64.1 Å². The van der Waals surface area contributed by atoms with E-state index in [9.17, 15) is 4.39 Å². The molecule has 32 heavy (non-hydrogen) atoms. The normalized spacial score (nSPS) is 14.7. The van der Waals surface area contributed by atoms with Gasteiger partial charge in [-0.05, 0) is 55.7 Å². The second-order valence-corrected chi connectivity index (χ2v) is 8.36. The predicted molar refractivity (Wildman–Crippen MR) is 126 cm³/mol. The van der Waals surface area contributed by atoms with Gasteiger partial charge in [0.05, 0.1) is 5.69 Å². The molecule has 5 nitrogen and oxygen atoms in total. The van der Waals surface area contributed by atoms with Crippen LogP contribution in [0.2, 0.25) is 0 Å². The van der Waals surface area contributed by atoms with Crippen molar-refractivity contribution in [3.05, 3.63) is 77.4 Å². The summed E-state index contributed by atoms with van der Waals surface area (Å²) in [5.74, 6) is 1.32. The van der Waals surface area contributed by atoms with Crippen LogP contribution in [0.5, 0.6) is 0 Å². The molecule has 1 aliphatic rings. The molecular weight excluding hydrogens is 403 g/mol. The number of likely N-dealkylation sites (tertiary alicyclic amines) is 1. The number of rotatable bonds is 8. The Morgan fingerprint density at radius 1 is 1.00 bits per heavy atom. The number of nitrogens with two attached hydrogens (primary N) is 1. The lowest BCUT2D eigenvalue weighted by molar-refractivity contribution is 0.338. The smallest absolute Gasteiger partial charge is 0.191 e. The standard InChI is InChI=1S/C26H31FN4O/c27-25-18-20(12-14-24(25)21-8-3-1-4-9-21)11-13-22-19-23(32-30-22)10-7-15-29-26(28)31-16-5-2-6-17-31/h1,3-4,8-9,12,14,18-19H,2,5-7,10-11,13,15-17H2,(H2,28,29). The van der Waals surface area contributed by atoms with E-state index in [1.165, 1.54) is 19.3 Å². The van der Waals surface area contributed by atoms with Crippen LogP contribution >= 0.6 is 0 Å². The Balaban J connectivity index is 1.23. The van der Waals surface area contributed by atoms with Gasteiger partial charge in [0.2, 0.25) is 0 Å². The van der Waals surface area contributed by atoms with Gasteiger partial charge in [-0.2, -0.15) is 0 Å². The molecule has 0 bridgehead atoms. The van der Waals surface area contributed by atoms with Gasteiger partial charge < -0.3 is 15.2 Å². The molecule has 1 aromatic heterocycles. The van der Waals surface area contributed by atoms with Crippen LogP contribution in [-0.2, 0) is 19.3 Å². The molecule has 2 N–H and O–H groups in total. The highest BCUT2D eigenvalue weighted by molar-refractivity contribution is 5.78. The van der Waals surface area contributed by atoms with Gasteiger partial charge in [0.15, 0.2) is 5.96 Å². The molecule has 4 rings (SSSR count). The number of hydrogen-bond donors (Lipinski definition) is 1. The van der Waals surface area contributed by atoms with Crippen molar-refractivity contribution in [1.29, 1.82) is 0 Å². The fourth-order valence-electron chi connectivity index (χ4n) is 4.10. The van der Waals surface area contributed by atoms with Crippen molar-refractivity contribution in [1.82, 2.24) is 10.1 Å². The van der Waals surface area contributed by atoms with E-state index in [4.69, 9.17) is 10.3 Å². The van der Waals surface area contributed by atoms with Gasteiger partial charge in [0.25, 0.3) is 0 Å². The molecule has 2 aromatic carbocycles. The largest absolute Gasteiger partial charge is 0.370 e. The Kier molecular flexibility index (Phi) is 7.54. The third-order valence-corrected chi connectivity index (χ3v) is 5.93. The Morgan fingerprint density at radius 3 is 2.59 bits per heavy atom. The van der Waals surface area contributed by atoms with Gasteiger partial charge in [-0.3, -0.25) is 4.99 Å². The quantitative estimate of drug-likeness (QED) is 0.308. The van der Waals surface area contributed by atoms with Crippen LogP contribution in [0, 0.1) is 5.82 Å². The summed E-state index contributed by atoms with van der Waals surface area (Å²) in [6.07, 6.45) is 6.76. The van der Waals surface area contributed by atoms with E-state index in [-0.39, 0.29) is 5.82 Å². The zero-order valence-corrected chi connectivity index (χ0v) is 18.5. The summed E-state index contributed by atoms with van der Waals surface area (Å²) in [5.41, 5.74) is 9.45. The predicted octanol–water partition coefficient (Wildman–Crippen LogP) is 5.00. The summed E-state index contributed by atoms with van der Waals surface area (Å²) in [6.45, 7) is 2.71. The van der Waals surface area contributed by atoms with Gasteiger partial charge >= 0.3 is 0 Å². The molecule has 0 saturated carbocycles. The summed E-state index contributed by atoms with van der Waals surface area (Å²) < 4.78 is 20.0. The van der Waals surface area contributed by atoms with E-state index in [1.54, 1.807) is 6.07 Å². The minimum absolute atomic E-state index is 0.195. The maximum Gasteiger partial charge on any atom is 0.191 e. The third kappa shape index (κ3) is 5.96. The molecule has 0 atom stereocenters. The fraction of sp³-hybridized carbons (Fsp3) is 0.385. The molecule has 2 heterocycles. The van der Waals surface area contributed by atoms with E-state index >= 15 is 0 Å². The summed E-state index contributed by atoms with van der Waals surface area (Å²) >= 11 is 0. The fourth-order valence-corrected chi connectivity index (χ4v) is 4.10. The average molecular weight is 435 g/mol. The first-order valence-electron chi connectivity index (χ1n) is 11.5. The minimum atomic E-state index is -0.195. The molecule has 0 unspecified atom stereocenters. The minimum Gasteiger partial charge on any atom is -0.370 e. The lowest BCUT2D eigenvalue weighted by Gasteiger charge is -2.27. The number of hydrogen-bond acceptors (Lipinski definition) is 3. The Labute approximate surface area is 189 Å². The third-order valence-electron chi connectivity index (χ3n) is 5.93. The lowest BCUT2D eigenvalue weighted by Crippen LogP contribution is -2.40. The number of benzene rings is 2. The van der Waals surface area contributed by atoms with E-state index in [0.29, 0.717) is 30.9 Å². The number of aliphatic imine (C=N–C) groups is 1. The summed E-state index contributed by atoms with van der Waals surface area (Å²) in [6, 6.07) is 17.1. The molecule has 1 saturated heterocycles. The molecule has 0 aliphatic carbocycles. The lowest BCUT2D eigenvalue weighted by atomic mass is 10.0. The molecule has 168 valence electrons. The first-order valence-corrected chi connectivity index (χ1v) is 11.5. The molecule has 0 radical (unpaired) electrons. The zero-order chi connectivity index (χ0) is 22.2. The monoisotopic (exact) mass is 434 g/mol. The van der Waals surface area contributed by atoms with Gasteiger partial charge in [-0.15, -0.1) is 0 Å². The maximum absolute atomic E-state index is 14.6. The van der Waals surface area contributed by atoms with Crippen LogP contribution in [0.1, 0.15) is 42.7 Å². The number of aromatic nitrogens is 1. The van der Waals surface area contributed by atoms with Crippen LogP contribution in [0.3, 0.4) is 0 Å². The van der Waals surface area contributed by atoms with E-state index in [2.05, 4.69) is 15.0 Å². The first kappa shape index (κ1) is 22.1. The van der Waals surface area contributed by atoms with Gasteiger partial charge in [0, 0.05) is 37.7 Å². The van der Waals surface area contributed by atoms with Crippen LogP contribution in [0.4, 0.5) is 4.39 Å². The summed E-state index contributed by atoms with van der Waals surface area (Å²) in [7, 11) is 0. The summed E-state index contributed by atoms with van der Waals surface area (Å²) in [4.78, 5) is 6.68. The maximum atomic E-state index is 14.6. The first-order chi connectivity index (χ1) is 15.7. The Bertz CT molecular complexity index is 1030. The van der Waals surface area contributed by atoms with Crippen molar-refractivity contribution in [3.8, 4) is 11.1 Å². The van der Waals surface area contributed by atoms with Crippen molar-refractivity contribution in [3.63, 3.8) is 0 Å². The summed E-state index contributed by atoms with van der Waals surface area (Å²) in [5, 5.41) is 4.17. The average Bonchev–Trinajstić information content (AvgIpc) is 3.29. The molecule has 3 aromatic rings. The molecular formula is C26H31FN4O. The number of guanidine groups is 1. The highest BCUT2D eigenvalue weighted by Gasteiger charge is 2.12. The van der Waals surface area contributed by atoms with Crippen molar-refractivity contribution in [2.45, 2.75) is 44.9 Å². The molecule has 1 fully saturated rings. The van der Waals surface area contributed by atoms with E-state index in [0.717, 1.165) is 48.5 Å². The van der Waals surface area contributed by atoms with E-state index < -0.39 is 0 Å². The van der Waals surface area contributed by atoms with Crippen LogP contribution < -0.4 is 5.73 Å². The van der Waals surface area contributed by atoms with Gasteiger partial charge in [-0.1, -0.05) is 47.6 Å². The van der Waals surface area contributed by atoms with Crippen molar-refractivity contribution in [2.75, 3.05) is 19.6 Å². The van der Waals surface area contributed by atoms with Gasteiger partial charge in [-0.25, -0.2) is 4.39 Å². The number of nitrogens with zero attached hydrogens (tertiary/aromatic N) is 3. The van der Waals surface area contributed by atoms with Crippen molar-refractivity contribution < 1.29 is 8.91 Å². The SMILES string of the molecule is NC(=NCCCc1cc(CCc2ccc(-c3ccccc3)c(F)c2)no1)N1CCCCC1. The second-order valence-electron chi connectivity index (χ2n) is 8.36. The molecule has 0 amide bonds. The molecule has 1 aliphatic heterocycles.